The van der Waals surface area contributed by atoms with E-state index in [9.17, 15) is 9.59 Å². The molecule has 6 rings (SSSR count). The topological polar surface area (TPSA) is 73.2 Å². The van der Waals surface area contributed by atoms with Crippen molar-refractivity contribution in [1.82, 2.24) is 10.2 Å². The van der Waals surface area contributed by atoms with Gasteiger partial charge in [-0.25, -0.2) is 0 Å². The summed E-state index contributed by atoms with van der Waals surface area (Å²) in [6.45, 7) is 1.15. The normalized spacial score (nSPS) is 34.8. The molecular weight excluding hydrogens is 362 g/mol. The number of carbonyl (C=O) groups is 2. The second kappa shape index (κ2) is 7.16. The van der Waals surface area contributed by atoms with Gasteiger partial charge in [-0.15, -0.1) is 0 Å². The second-order valence-corrected chi connectivity index (χ2v) is 9.88. The number of hydrogen-bond acceptors (Lipinski definition) is 3. The van der Waals surface area contributed by atoms with Crippen molar-refractivity contribution in [3.05, 3.63) is 35.4 Å². The highest BCUT2D eigenvalue weighted by molar-refractivity contribution is 5.91. The Morgan fingerprint density at radius 1 is 1.07 bits per heavy atom. The third-order valence-electron chi connectivity index (χ3n) is 7.86. The van der Waals surface area contributed by atoms with Crippen LogP contribution >= 0.6 is 0 Å². The van der Waals surface area contributed by atoms with E-state index in [1.807, 2.05) is 17.0 Å². The zero-order chi connectivity index (χ0) is 20.0. The van der Waals surface area contributed by atoms with Gasteiger partial charge in [-0.3, -0.25) is 9.59 Å². The lowest BCUT2D eigenvalue weighted by Crippen LogP contribution is -2.57. The van der Waals surface area contributed by atoms with Gasteiger partial charge in [-0.1, -0.05) is 12.1 Å². The first-order valence-electron chi connectivity index (χ1n) is 11.1. The molecule has 0 spiro atoms. The second-order valence-electron chi connectivity index (χ2n) is 9.88. The molecule has 5 heteroatoms. The molecular formula is C24H29N3O2. The number of likely N-dealkylation sites (tertiary alicyclic amines) is 1. The Kier molecular flexibility index (Phi) is 4.61. The molecule has 29 heavy (non-hydrogen) atoms. The van der Waals surface area contributed by atoms with Crippen molar-refractivity contribution in [3.8, 4) is 6.07 Å². The van der Waals surface area contributed by atoms with E-state index in [1.165, 1.54) is 19.3 Å². The van der Waals surface area contributed by atoms with E-state index in [4.69, 9.17) is 5.26 Å². The van der Waals surface area contributed by atoms with E-state index in [2.05, 4.69) is 11.4 Å². The maximum atomic E-state index is 13.7. The van der Waals surface area contributed by atoms with Crippen LogP contribution in [0.3, 0.4) is 0 Å². The molecule has 1 aromatic rings. The third-order valence-corrected chi connectivity index (χ3v) is 7.86. The fraction of sp³-hybridized carbons (Fsp3) is 0.625. The summed E-state index contributed by atoms with van der Waals surface area (Å²) in [5, 5.41) is 11.9. The van der Waals surface area contributed by atoms with Gasteiger partial charge in [0.15, 0.2) is 0 Å². The summed E-state index contributed by atoms with van der Waals surface area (Å²) >= 11 is 0. The molecule has 4 aliphatic carbocycles. The first-order chi connectivity index (χ1) is 14.1. The highest BCUT2D eigenvalue weighted by Crippen LogP contribution is 2.60. The van der Waals surface area contributed by atoms with Crippen molar-refractivity contribution in [2.24, 2.45) is 23.2 Å². The van der Waals surface area contributed by atoms with Crippen LogP contribution in [0, 0.1) is 34.5 Å². The summed E-state index contributed by atoms with van der Waals surface area (Å²) in [4.78, 5) is 28.5. The molecule has 5 fully saturated rings. The van der Waals surface area contributed by atoms with Crippen LogP contribution < -0.4 is 5.32 Å². The summed E-state index contributed by atoms with van der Waals surface area (Å²) < 4.78 is 0. The molecule has 1 aromatic carbocycles. The maximum absolute atomic E-state index is 13.7. The zero-order valence-electron chi connectivity index (χ0n) is 16.9. The van der Waals surface area contributed by atoms with Gasteiger partial charge in [-0.2, -0.15) is 5.26 Å². The van der Waals surface area contributed by atoms with E-state index >= 15 is 0 Å². The van der Waals surface area contributed by atoms with Crippen LogP contribution in [0.15, 0.2) is 24.3 Å². The molecule has 1 unspecified atom stereocenters. The van der Waals surface area contributed by atoms with Gasteiger partial charge in [0, 0.05) is 13.1 Å². The average molecular weight is 392 g/mol. The zero-order valence-corrected chi connectivity index (χ0v) is 16.9. The van der Waals surface area contributed by atoms with Crippen LogP contribution in [0.2, 0.25) is 0 Å². The number of nitriles is 1. The van der Waals surface area contributed by atoms with Crippen LogP contribution in [0.25, 0.3) is 0 Å². The van der Waals surface area contributed by atoms with Crippen molar-refractivity contribution >= 4 is 11.8 Å². The predicted molar refractivity (Wildman–Crippen MR) is 108 cm³/mol. The Balaban J connectivity index is 1.25. The lowest BCUT2D eigenvalue weighted by molar-refractivity contribution is -0.160. The van der Waals surface area contributed by atoms with E-state index in [-0.39, 0.29) is 23.3 Å². The molecule has 4 saturated carbocycles. The number of nitrogens with zero attached hydrogens (tertiary/aromatic N) is 2. The van der Waals surface area contributed by atoms with Crippen molar-refractivity contribution < 1.29 is 9.59 Å². The van der Waals surface area contributed by atoms with Gasteiger partial charge in [0.1, 0.15) is 6.04 Å². The van der Waals surface area contributed by atoms with Crippen LogP contribution in [0.4, 0.5) is 0 Å². The van der Waals surface area contributed by atoms with E-state index in [0.717, 1.165) is 62.0 Å². The van der Waals surface area contributed by atoms with Gasteiger partial charge in [0.25, 0.3) is 0 Å². The Morgan fingerprint density at radius 2 is 1.69 bits per heavy atom. The standard InChI is InChI=1S/C24H29N3O2/c25-14-16-3-5-17(6-4-16)15-26-22(28)21-2-1-7-27(21)23(29)24-11-18-8-19(12-24)10-20(9-18)13-24/h3-6,18-21H,1-2,7-13,15H2,(H,26,28). The number of hydrogen-bond donors (Lipinski definition) is 1. The number of nitrogens with one attached hydrogen (secondary N) is 1. The van der Waals surface area contributed by atoms with Crippen LogP contribution in [-0.2, 0) is 16.1 Å². The molecule has 4 bridgehead atoms. The number of carbonyl (C=O) groups excluding carboxylic acids is 2. The third kappa shape index (κ3) is 3.33. The predicted octanol–water partition coefficient (Wildman–Crippen LogP) is 3.38. The lowest BCUT2D eigenvalue weighted by atomic mass is 9.49. The fourth-order valence-corrected chi connectivity index (χ4v) is 6.96. The Bertz CT molecular complexity index is 819. The van der Waals surface area contributed by atoms with Gasteiger partial charge in [0.2, 0.25) is 11.8 Å². The Morgan fingerprint density at radius 3 is 2.28 bits per heavy atom. The van der Waals surface area contributed by atoms with Gasteiger partial charge < -0.3 is 10.2 Å². The number of rotatable bonds is 4. The van der Waals surface area contributed by atoms with Crippen molar-refractivity contribution in [2.45, 2.75) is 64.0 Å². The molecule has 1 heterocycles. The molecule has 0 aromatic heterocycles. The molecule has 5 aliphatic rings. The van der Waals surface area contributed by atoms with Crippen molar-refractivity contribution in [1.29, 1.82) is 5.26 Å². The summed E-state index contributed by atoms with van der Waals surface area (Å²) in [5.41, 5.74) is 1.41. The van der Waals surface area contributed by atoms with Crippen LogP contribution in [0.1, 0.15) is 62.5 Å². The van der Waals surface area contributed by atoms with Crippen molar-refractivity contribution in [3.63, 3.8) is 0 Å². The minimum Gasteiger partial charge on any atom is -0.350 e. The van der Waals surface area contributed by atoms with E-state index < -0.39 is 0 Å². The molecule has 0 radical (unpaired) electrons. The number of amides is 2. The van der Waals surface area contributed by atoms with E-state index in [1.54, 1.807) is 12.1 Å². The van der Waals surface area contributed by atoms with Crippen LogP contribution in [-0.4, -0.2) is 29.3 Å². The van der Waals surface area contributed by atoms with Crippen molar-refractivity contribution in [2.75, 3.05) is 6.54 Å². The molecule has 152 valence electrons. The Hall–Kier alpha value is -2.35. The molecule has 1 N–H and O–H groups in total. The molecule has 1 saturated heterocycles. The summed E-state index contributed by atoms with van der Waals surface area (Å²) in [5.74, 6) is 2.43. The van der Waals surface area contributed by atoms with Crippen LogP contribution in [0.5, 0.6) is 0 Å². The maximum Gasteiger partial charge on any atom is 0.243 e. The quantitative estimate of drug-likeness (QED) is 0.855. The SMILES string of the molecule is N#Cc1ccc(CNC(=O)C2CCCN2C(=O)C23CC4CC(CC(C4)C2)C3)cc1. The first-order valence-corrected chi connectivity index (χ1v) is 11.1. The molecule has 5 nitrogen and oxygen atoms in total. The molecule has 1 aliphatic heterocycles. The highest BCUT2D eigenvalue weighted by atomic mass is 16.2. The lowest BCUT2D eigenvalue weighted by Gasteiger charge is -2.56. The minimum atomic E-state index is -0.325. The molecule has 2 amide bonds. The number of benzene rings is 1. The summed E-state index contributed by atoms with van der Waals surface area (Å²) in [7, 11) is 0. The van der Waals surface area contributed by atoms with Gasteiger partial charge in [0.05, 0.1) is 17.0 Å². The monoisotopic (exact) mass is 391 g/mol. The largest absolute Gasteiger partial charge is 0.350 e. The van der Waals surface area contributed by atoms with Gasteiger partial charge in [-0.05, 0) is 86.8 Å². The average Bonchev–Trinajstić information content (AvgIpc) is 3.20. The minimum absolute atomic E-state index is 0.0371. The Labute approximate surface area is 172 Å². The first kappa shape index (κ1) is 18.7. The fourth-order valence-electron chi connectivity index (χ4n) is 6.96. The van der Waals surface area contributed by atoms with E-state index in [0.29, 0.717) is 12.1 Å². The smallest absolute Gasteiger partial charge is 0.243 e. The summed E-state index contributed by atoms with van der Waals surface area (Å²) in [6.07, 6.45) is 8.78. The van der Waals surface area contributed by atoms with Gasteiger partial charge >= 0.3 is 0 Å². The molecule has 1 atom stereocenters. The summed E-state index contributed by atoms with van der Waals surface area (Å²) in [6, 6.07) is 9.04. The highest BCUT2D eigenvalue weighted by Gasteiger charge is 2.56.